The molecule has 0 bridgehead atoms. The summed E-state index contributed by atoms with van der Waals surface area (Å²) in [4.78, 5) is 14.4. The van der Waals surface area contributed by atoms with Crippen LogP contribution in [-0.2, 0) is 4.79 Å². The fraction of sp³-hybridized carbons (Fsp3) is 0.286. The van der Waals surface area contributed by atoms with Crippen LogP contribution in [0.2, 0.25) is 5.02 Å². The number of hydrogen-bond donors (Lipinski definition) is 0. The van der Waals surface area contributed by atoms with Gasteiger partial charge in [0.25, 0.3) is 0 Å². The predicted molar refractivity (Wildman–Crippen MR) is 113 cm³/mol. The second-order valence-corrected chi connectivity index (χ2v) is 8.24. The lowest BCUT2D eigenvalue weighted by atomic mass is 10.2. The van der Waals surface area contributed by atoms with E-state index in [1.54, 1.807) is 0 Å². The van der Waals surface area contributed by atoms with E-state index in [0.717, 1.165) is 43.0 Å². The van der Waals surface area contributed by atoms with E-state index in [1.165, 1.54) is 17.3 Å². The molecule has 3 aromatic rings. The van der Waals surface area contributed by atoms with Crippen molar-refractivity contribution >= 4 is 29.3 Å². The van der Waals surface area contributed by atoms with Gasteiger partial charge in [0.1, 0.15) is 0 Å². The van der Waals surface area contributed by atoms with Crippen LogP contribution >= 0.6 is 23.4 Å². The quantitative estimate of drug-likeness (QED) is 0.574. The van der Waals surface area contributed by atoms with Crippen LogP contribution in [0.5, 0.6) is 0 Å². The molecule has 1 aliphatic heterocycles. The second-order valence-electron chi connectivity index (χ2n) is 6.86. The summed E-state index contributed by atoms with van der Waals surface area (Å²) in [6.45, 7) is 3.78. The molecule has 1 aliphatic rings. The number of rotatable bonds is 5. The van der Waals surface area contributed by atoms with Gasteiger partial charge in [-0.3, -0.25) is 9.36 Å². The summed E-state index contributed by atoms with van der Waals surface area (Å²) in [5.41, 5.74) is 3.08. The van der Waals surface area contributed by atoms with Crippen LogP contribution in [0.3, 0.4) is 0 Å². The van der Waals surface area contributed by atoms with Crippen LogP contribution in [0.1, 0.15) is 18.4 Å². The van der Waals surface area contributed by atoms with Crippen molar-refractivity contribution in [2.24, 2.45) is 0 Å². The van der Waals surface area contributed by atoms with Gasteiger partial charge in [-0.25, -0.2) is 0 Å². The number of likely N-dealkylation sites (tertiary alicyclic amines) is 1. The van der Waals surface area contributed by atoms with Crippen LogP contribution in [0, 0.1) is 6.92 Å². The van der Waals surface area contributed by atoms with Gasteiger partial charge >= 0.3 is 0 Å². The molecule has 0 atom stereocenters. The van der Waals surface area contributed by atoms with Crippen LogP contribution in [0.25, 0.3) is 17.1 Å². The fourth-order valence-corrected chi connectivity index (χ4v) is 4.24. The third kappa shape index (κ3) is 4.08. The monoisotopic (exact) mass is 412 g/mol. The van der Waals surface area contributed by atoms with Gasteiger partial charge in [0, 0.05) is 29.4 Å². The molecule has 7 heteroatoms. The Balaban J connectivity index is 1.66. The molecule has 5 nitrogen and oxygen atoms in total. The largest absolute Gasteiger partial charge is 0.342 e. The lowest BCUT2D eigenvalue weighted by Crippen LogP contribution is -2.29. The van der Waals surface area contributed by atoms with Gasteiger partial charge in [0.05, 0.1) is 5.75 Å². The predicted octanol–water partition coefficient (Wildman–Crippen LogP) is 4.61. The summed E-state index contributed by atoms with van der Waals surface area (Å²) in [6.07, 6.45) is 2.19. The van der Waals surface area contributed by atoms with Crippen LogP contribution < -0.4 is 0 Å². The average Bonchev–Trinajstić information content (AvgIpc) is 3.38. The SMILES string of the molecule is Cc1ccc(-n2c(SCC(=O)N3CCCC3)nnc2-c2ccc(Cl)cc2)cc1. The molecule has 1 aromatic heterocycles. The lowest BCUT2D eigenvalue weighted by molar-refractivity contribution is -0.127. The van der Waals surface area contributed by atoms with Gasteiger partial charge in [-0.05, 0) is 56.2 Å². The van der Waals surface area contributed by atoms with E-state index in [9.17, 15) is 4.79 Å². The third-order valence-corrected chi connectivity index (χ3v) is 5.98. The Morgan fingerprint density at radius 1 is 1.04 bits per heavy atom. The first-order valence-electron chi connectivity index (χ1n) is 9.31. The molecule has 0 N–H and O–H groups in total. The van der Waals surface area contributed by atoms with E-state index in [2.05, 4.69) is 29.3 Å². The van der Waals surface area contributed by atoms with Crippen molar-refractivity contribution in [2.45, 2.75) is 24.9 Å². The van der Waals surface area contributed by atoms with E-state index in [4.69, 9.17) is 11.6 Å². The van der Waals surface area contributed by atoms with Crippen LogP contribution in [-0.4, -0.2) is 44.4 Å². The molecule has 0 saturated carbocycles. The standard InChI is InChI=1S/C21H21ClN4OS/c1-15-4-10-18(11-5-15)26-20(16-6-8-17(22)9-7-16)23-24-21(26)28-14-19(27)25-12-2-3-13-25/h4-11H,2-3,12-14H2,1H3. The van der Waals surface area contributed by atoms with Gasteiger partial charge in [0.15, 0.2) is 11.0 Å². The Morgan fingerprint density at radius 3 is 2.39 bits per heavy atom. The molecule has 0 radical (unpaired) electrons. The smallest absolute Gasteiger partial charge is 0.233 e. The maximum absolute atomic E-state index is 12.5. The van der Waals surface area contributed by atoms with Gasteiger partial charge in [-0.1, -0.05) is 41.1 Å². The lowest BCUT2D eigenvalue weighted by Gasteiger charge is -2.15. The second kappa shape index (κ2) is 8.37. The van der Waals surface area contributed by atoms with Crippen LogP contribution in [0.4, 0.5) is 0 Å². The van der Waals surface area contributed by atoms with Crippen LogP contribution in [0.15, 0.2) is 53.7 Å². The number of thioether (sulfide) groups is 1. The summed E-state index contributed by atoms with van der Waals surface area (Å²) in [6, 6.07) is 15.8. The third-order valence-electron chi connectivity index (χ3n) is 4.81. The number of aromatic nitrogens is 3. The summed E-state index contributed by atoms with van der Waals surface area (Å²) < 4.78 is 2.00. The Kier molecular flexibility index (Phi) is 5.69. The van der Waals surface area contributed by atoms with Crippen molar-refractivity contribution in [3.05, 3.63) is 59.1 Å². The normalized spacial score (nSPS) is 13.9. The Labute approximate surface area is 173 Å². The highest BCUT2D eigenvalue weighted by molar-refractivity contribution is 7.99. The summed E-state index contributed by atoms with van der Waals surface area (Å²) in [5, 5.41) is 10.2. The number of nitrogens with zero attached hydrogens (tertiary/aromatic N) is 4. The fourth-order valence-electron chi connectivity index (χ4n) is 3.26. The van der Waals surface area contributed by atoms with Crippen molar-refractivity contribution in [1.82, 2.24) is 19.7 Å². The minimum atomic E-state index is 0.161. The highest BCUT2D eigenvalue weighted by Gasteiger charge is 2.21. The van der Waals surface area contributed by atoms with Gasteiger partial charge in [-0.15, -0.1) is 10.2 Å². The van der Waals surface area contributed by atoms with Crippen molar-refractivity contribution in [2.75, 3.05) is 18.8 Å². The Hall–Kier alpha value is -2.31. The van der Waals surface area contributed by atoms with Crippen molar-refractivity contribution < 1.29 is 4.79 Å². The molecular formula is C21H21ClN4OS. The van der Waals surface area contributed by atoms with E-state index in [0.29, 0.717) is 15.9 Å². The Bertz CT molecular complexity index is 963. The highest BCUT2D eigenvalue weighted by atomic mass is 35.5. The van der Waals surface area contributed by atoms with E-state index in [-0.39, 0.29) is 5.91 Å². The first kappa shape index (κ1) is 19.0. The molecule has 2 heterocycles. The maximum atomic E-state index is 12.5. The van der Waals surface area contributed by atoms with Gasteiger partial charge < -0.3 is 4.90 Å². The maximum Gasteiger partial charge on any atom is 0.233 e. The first-order valence-corrected chi connectivity index (χ1v) is 10.7. The van der Waals surface area contributed by atoms with Gasteiger partial charge in [0.2, 0.25) is 5.91 Å². The number of amides is 1. The zero-order valence-electron chi connectivity index (χ0n) is 15.6. The van der Waals surface area contributed by atoms with E-state index < -0.39 is 0 Å². The number of aryl methyl sites for hydroxylation is 1. The van der Waals surface area contributed by atoms with Crippen molar-refractivity contribution in [3.8, 4) is 17.1 Å². The number of carbonyl (C=O) groups is 1. The first-order chi connectivity index (χ1) is 13.6. The number of hydrogen-bond acceptors (Lipinski definition) is 4. The minimum Gasteiger partial charge on any atom is -0.342 e. The number of benzene rings is 2. The zero-order valence-corrected chi connectivity index (χ0v) is 17.2. The minimum absolute atomic E-state index is 0.161. The molecule has 2 aromatic carbocycles. The summed E-state index contributed by atoms with van der Waals surface area (Å²) >= 11 is 7.47. The molecule has 0 spiro atoms. The molecule has 1 fully saturated rings. The van der Waals surface area contributed by atoms with E-state index in [1.807, 2.05) is 45.9 Å². The zero-order chi connectivity index (χ0) is 19.5. The summed E-state index contributed by atoms with van der Waals surface area (Å²) in [5.74, 6) is 1.26. The topological polar surface area (TPSA) is 51.0 Å². The molecule has 28 heavy (non-hydrogen) atoms. The molecule has 0 aliphatic carbocycles. The molecule has 0 unspecified atom stereocenters. The summed E-state index contributed by atoms with van der Waals surface area (Å²) in [7, 11) is 0. The molecule has 1 amide bonds. The Morgan fingerprint density at radius 2 is 1.71 bits per heavy atom. The molecule has 4 rings (SSSR count). The highest BCUT2D eigenvalue weighted by Crippen LogP contribution is 2.29. The van der Waals surface area contributed by atoms with E-state index >= 15 is 0 Å². The van der Waals surface area contributed by atoms with Crippen molar-refractivity contribution in [3.63, 3.8) is 0 Å². The molecular weight excluding hydrogens is 392 g/mol. The van der Waals surface area contributed by atoms with Crippen molar-refractivity contribution in [1.29, 1.82) is 0 Å². The van der Waals surface area contributed by atoms with Gasteiger partial charge in [-0.2, -0.15) is 0 Å². The number of halogens is 1. The molecule has 144 valence electrons. The molecule has 1 saturated heterocycles. The average molecular weight is 413 g/mol. The number of carbonyl (C=O) groups excluding carboxylic acids is 1.